The van der Waals surface area contributed by atoms with Crippen molar-refractivity contribution in [2.24, 2.45) is 11.8 Å². The van der Waals surface area contributed by atoms with Crippen LogP contribution in [0, 0.1) is 11.8 Å². The molecule has 0 aliphatic heterocycles. The smallest absolute Gasteiger partial charge is 0.323 e. The molecule has 1 saturated carbocycles. The van der Waals surface area contributed by atoms with Gasteiger partial charge in [-0.1, -0.05) is 13.8 Å². The topological polar surface area (TPSA) is 58.6 Å². The molecule has 4 heteroatoms. The summed E-state index contributed by atoms with van der Waals surface area (Å²) in [5.74, 6) is 0.752. The molecule has 0 spiro atoms. The predicted molar refractivity (Wildman–Crippen MR) is 85.5 cm³/mol. The van der Waals surface area contributed by atoms with E-state index in [9.17, 15) is 9.90 Å². The van der Waals surface area contributed by atoms with Crippen molar-refractivity contribution in [3.05, 3.63) is 0 Å². The number of aliphatic carboxylic acids is 1. The summed E-state index contributed by atoms with van der Waals surface area (Å²) >= 11 is 0. The molecule has 1 rings (SSSR count). The van der Waals surface area contributed by atoms with Gasteiger partial charge in [-0.25, -0.2) is 0 Å². The first-order valence-corrected chi connectivity index (χ1v) is 8.37. The van der Waals surface area contributed by atoms with Crippen LogP contribution in [0.5, 0.6) is 0 Å². The van der Waals surface area contributed by atoms with Crippen LogP contribution in [0.15, 0.2) is 0 Å². The molecule has 0 radical (unpaired) electrons. The fourth-order valence-electron chi connectivity index (χ4n) is 3.20. The van der Waals surface area contributed by atoms with Crippen molar-refractivity contribution >= 4 is 5.97 Å². The van der Waals surface area contributed by atoms with E-state index in [4.69, 9.17) is 4.74 Å². The molecular weight excluding hydrogens is 266 g/mol. The molecule has 0 amide bonds. The predicted octanol–water partition coefficient (Wildman–Crippen LogP) is 3.45. The number of hydrogen-bond donors (Lipinski definition) is 2. The Balaban J connectivity index is 2.30. The van der Waals surface area contributed by atoms with Crippen molar-refractivity contribution in [3.8, 4) is 0 Å². The summed E-state index contributed by atoms with van der Waals surface area (Å²) in [6, 6.07) is 0.160. The summed E-state index contributed by atoms with van der Waals surface area (Å²) in [5, 5.41) is 12.5. The number of carboxylic acids is 1. The normalized spacial score (nSPS) is 29.3. The van der Waals surface area contributed by atoms with Crippen LogP contribution >= 0.6 is 0 Å². The fourth-order valence-corrected chi connectivity index (χ4v) is 3.20. The van der Waals surface area contributed by atoms with Gasteiger partial charge in [0.2, 0.25) is 0 Å². The van der Waals surface area contributed by atoms with Gasteiger partial charge in [-0.2, -0.15) is 0 Å². The lowest BCUT2D eigenvalue weighted by Crippen LogP contribution is -2.52. The average Bonchev–Trinajstić information content (AvgIpc) is 2.38. The summed E-state index contributed by atoms with van der Waals surface area (Å²) < 4.78 is 5.96. The minimum Gasteiger partial charge on any atom is -0.480 e. The zero-order valence-electron chi connectivity index (χ0n) is 14.3. The van der Waals surface area contributed by atoms with Gasteiger partial charge < -0.3 is 9.84 Å². The van der Waals surface area contributed by atoms with Gasteiger partial charge >= 0.3 is 5.97 Å². The van der Waals surface area contributed by atoms with E-state index in [-0.39, 0.29) is 6.04 Å². The van der Waals surface area contributed by atoms with Gasteiger partial charge in [-0.05, 0) is 64.7 Å². The molecule has 0 saturated heterocycles. The number of carboxylic acid groups (broad SMARTS) is 1. The Morgan fingerprint density at radius 1 is 1.33 bits per heavy atom. The Morgan fingerprint density at radius 2 is 2.00 bits per heavy atom. The second kappa shape index (κ2) is 8.14. The molecule has 21 heavy (non-hydrogen) atoms. The van der Waals surface area contributed by atoms with Crippen molar-refractivity contribution in [2.45, 2.75) is 84.4 Å². The maximum Gasteiger partial charge on any atom is 0.323 e. The minimum absolute atomic E-state index is 0.160. The summed E-state index contributed by atoms with van der Waals surface area (Å²) in [4.78, 5) is 11.4. The van der Waals surface area contributed by atoms with Crippen LogP contribution in [-0.4, -0.2) is 35.4 Å². The van der Waals surface area contributed by atoms with Crippen molar-refractivity contribution < 1.29 is 14.6 Å². The summed E-state index contributed by atoms with van der Waals surface area (Å²) in [6.45, 7) is 11.0. The van der Waals surface area contributed by atoms with E-state index >= 15 is 0 Å². The van der Waals surface area contributed by atoms with Gasteiger partial charge in [0.25, 0.3) is 0 Å². The van der Waals surface area contributed by atoms with E-state index in [1.165, 1.54) is 6.42 Å². The van der Waals surface area contributed by atoms with Gasteiger partial charge in [0, 0.05) is 12.6 Å². The molecule has 0 bridgehead atoms. The van der Waals surface area contributed by atoms with Crippen molar-refractivity contribution in [1.29, 1.82) is 0 Å². The molecule has 2 N–H and O–H groups in total. The molecule has 4 nitrogen and oxygen atoms in total. The summed E-state index contributed by atoms with van der Waals surface area (Å²) in [7, 11) is 0. The van der Waals surface area contributed by atoms with Gasteiger partial charge in [0.1, 0.15) is 5.54 Å². The summed E-state index contributed by atoms with van der Waals surface area (Å²) in [5.41, 5.74) is -0.855. The highest BCUT2D eigenvalue weighted by atomic mass is 16.5. The van der Waals surface area contributed by atoms with Crippen molar-refractivity contribution in [2.75, 3.05) is 6.61 Å². The van der Waals surface area contributed by atoms with Crippen molar-refractivity contribution in [1.82, 2.24) is 5.32 Å². The highest BCUT2D eigenvalue weighted by Gasteiger charge is 2.33. The second-order valence-electron chi connectivity index (χ2n) is 7.30. The van der Waals surface area contributed by atoms with Gasteiger partial charge in [-0.15, -0.1) is 0 Å². The molecule has 0 aromatic heterocycles. The average molecular weight is 299 g/mol. The molecule has 124 valence electrons. The van der Waals surface area contributed by atoms with Crippen LogP contribution in [0.1, 0.15) is 66.7 Å². The first-order valence-electron chi connectivity index (χ1n) is 8.37. The zero-order valence-corrected chi connectivity index (χ0v) is 14.3. The molecule has 4 atom stereocenters. The summed E-state index contributed by atoms with van der Waals surface area (Å²) in [6.07, 6.45) is 5.27. The lowest BCUT2D eigenvalue weighted by Gasteiger charge is -2.32. The molecule has 0 aromatic rings. The Hall–Kier alpha value is -0.610. The molecule has 0 aromatic carbocycles. The number of carbonyl (C=O) groups is 1. The van der Waals surface area contributed by atoms with Gasteiger partial charge in [0.15, 0.2) is 0 Å². The van der Waals surface area contributed by atoms with E-state index in [0.717, 1.165) is 31.1 Å². The maximum absolute atomic E-state index is 11.4. The zero-order chi connectivity index (χ0) is 16.0. The third kappa shape index (κ3) is 5.95. The monoisotopic (exact) mass is 299 g/mol. The maximum atomic E-state index is 11.4. The SMILES string of the molecule is CC(C)NC(C)(CCCOC1CCC(C)C(C)C1)C(=O)O. The largest absolute Gasteiger partial charge is 0.480 e. The van der Waals surface area contributed by atoms with Crippen molar-refractivity contribution in [3.63, 3.8) is 0 Å². The molecule has 1 aliphatic rings. The van der Waals surface area contributed by atoms with Crippen LogP contribution in [0.2, 0.25) is 0 Å². The van der Waals surface area contributed by atoms with Gasteiger partial charge in [-0.3, -0.25) is 10.1 Å². The first kappa shape index (κ1) is 18.4. The second-order valence-corrected chi connectivity index (χ2v) is 7.30. The Labute approximate surface area is 129 Å². The highest BCUT2D eigenvalue weighted by Crippen LogP contribution is 2.31. The highest BCUT2D eigenvalue weighted by molar-refractivity contribution is 5.78. The number of rotatable bonds is 8. The lowest BCUT2D eigenvalue weighted by atomic mass is 9.80. The van der Waals surface area contributed by atoms with Crippen LogP contribution < -0.4 is 5.32 Å². The lowest BCUT2D eigenvalue weighted by molar-refractivity contribution is -0.145. The van der Waals surface area contributed by atoms with E-state index in [2.05, 4.69) is 19.2 Å². The van der Waals surface area contributed by atoms with Crippen LogP contribution in [0.3, 0.4) is 0 Å². The van der Waals surface area contributed by atoms with Crippen LogP contribution in [-0.2, 0) is 9.53 Å². The molecule has 4 unspecified atom stereocenters. The molecule has 1 fully saturated rings. The quantitative estimate of drug-likeness (QED) is 0.674. The Morgan fingerprint density at radius 3 is 2.52 bits per heavy atom. The number of nitrogens with one attached hydrogen (secondary N) is 1. The van der Waals surface area contributed by atoms with E-state index in [1.807, 2.05) is 13.8 Å². The third-order valence-corrected chi connectivity index (χ3v) is 4.80. The van der Waals surface area contributed by atoms with E-state index < -0.39 is 11.5 Å². The third-order valence-electron chi connectivity index (χ3n) is 4.80. The minimum atomic E-state index is -0.855. The number of hydrogen-bond acceptors (Lipinski definition) is 3. The Bertz CT molecular complexity index is 332. The Kier molecular flexibility index (Phi) is 7.14. The van der Waals surface area contributed by atoms with E-state index in [0.29, 0.717) is 19.1 Å². The fraction of sp³-hybridized carbons (Fsp3) is 0.941. The molecule has 0 heterocycles. The van der Waals surface area contributed by atoms with E-state index in [1.54, 1.807) is 6.92 Å². The standard InChI is InChI=1S/C17H33NO3/c1-12(2)18-17(5,16(19)20)9-6-10-21-15-8-7-13(3)14(4)11-15/h12-15,18H,6-11H2,1-5H3,(H,19,20). The van der Waals surface area contributed by atoms with Crippen LogP contribution in [0.25, 0.3) is 0 Å². The number of ether oxygens (including phenoxy) is 1. The van der Waals surface area contributed by atoms with Crippen LogP contribution in [0.4, 0.5) is 0 Å². The van der Waals surface area contributed by atoms with Gasteiger partial charge in [0.05, 0.1) is 6.10 Å². The first-order chi connectivity index (χ1) is 9.74. The molecule has 1 aliphatic carbocycles. The molecular formula is C17H33NO3.